The van der Waals surface area contributed by atoms with Gasteiger partial charge in [-0.1, -0.05) is 6.07 Å². The predicted octanol–water partition coefficient (Wildman–Crippen LogP) is 3.54. The second kappa shape index (κ2) is 6.91. The number of rotatable bonds is 3. The molecule has 0 saturated carbocycles. The third-order valence-electron chi connectivity index (χ3n) is 5.58. The monoisotopic (exact) mass is 392 g/mol. The van der Waals surface area contributed by atoms with Gasteiger partial charge in [0, 0.05) is 47.4 Å². The van der Waals surface area contributed by atoms with E-state index in [2.05, 4.69) is 58.1 Å². The van der Waals surface area contributed by atoms with Gasteiger partial charge < -0.3 is 15.3 Å². The summed E-state index contributed by atoms with van der Waals surface area (Å²) >= 11 is 0. The Morgan fingerprint density at radius 1 is 1.07 bits per heavy atom. The zero-order valence-electron chi connectivity index (χ0n) is 17.6. The summed E-state index contributed by atoms with van der Waals surface area (Å²) < 4.78 is 0. The van der Waals surface area contributed by atoms with Gasteiger partial charge in [-0.15, -0.1) is 10.2 Å². The van der Waals surface area contributed by atoms with Gasteiger partial charge in [-0.3, -0.25) is 4.98 Å². The second-order valence-electron chi connectivity index (χ2n) is 9.27. The SMILES string of the molecule is CN(c1ncc(-c2cc3cccnc3cc2O)nn1)C1CC(C)(C)NC(C)(C)C1. The third kappa shape index (κ3) is 4.00. The molecular formula is C22H28N6O. The summed E-state index contributed by atoms with van der Waals surface area (Å²) in [6, 6.07) is 7.65. The molecule has 0 spiro atoms. The lowest BCUT2D eigenvalue weighted by Gasteiger charge is -2.48. The van der Waals surface area contributed by atoms with Crippen LogP contribution in [0.5, 0.6) is 5.75 Å². The molecule has 4 rings (SSSR count). The molecule has 1 saturated heterocycles. The first-order valence-corrected chi connectivity index (χ1v) is 9.94. The van der Waals surface area contributed by atoms with E-state index in [1.165, 1.54) is 0 Å². The quantitative estimate of drug-likeness (QED) is 0.705. The van der Waals surface area contributed by atoms with E-state index in [9.17, 15) is 5.11 Å². The molecule has 152 valence electrons. The van der Waals surface area contributed by atoms with Crippen molar-refractivity contribution in [2.24, 2.45) is 0 Å². The van der Waals surface area contributed by atoms with Crippen molar-refractivity contribution in [1.82, 2.24) is 25.5 Å². The number of phenols is 1. The number of hydrogen-bond donors (Lipinski definition) is 2. The van der Waals surface area contributed by atoms with Crippen molar-refractivity contribution in [2.75, 3.05) is 11.9 Å². The molecule has 1 aliphatic rings. The van der Waals surface area contributed by atoms with Gasteiger partial charge >= 0.3 is 0 Å². The number of pyridine rings is 1. The Kier molecular flexibility index (Phi) is 4.65. The third-order valence-corrected chi connectivity index (χ3v) is 5.58. The van der Waals surface area contributed by atoms with Crippen molar-refractivity contribution in [3.63, 3.8) is 0 Å². The zero-order valence-corrected chi connectivity index (χ0v) is 17.6. The number of fused-ring (bicyclic) bond motifs is 1. The van der Waals surface area contributed by atoms with E-state index in [0.717, 1.165) is 23.7 Å². The van der Waals surface area contributed by atoms with Crippen molar-refractivity contribution < 1.29 is 5.11 Å². The standard InChI is InChI=1S/C22H28N6O/c1-21(2)11-15(12-22(3,4)27-21)28(5)20-24-13-18(25-26-20)16-9-14-7-6-8-23-17(14)10-19(16)29/h6-10,13,15,27,29H,11-12H2,1-5H3. The molecule has 0 aliphatic carbocycles. The molecule has 1 aliphatic heterocycles. The maximum absolute atomic E-state index is 10.4. The van der Waals surface area contributed by atoms with Gasteiger partial charge in [0.15, 0.2) is 0 Å². The Hall–Kier alpha value is -2.80. The van der Waals surface area contributed by atoms with Gasteiger partial charge in [-0.25, -0.2) is 4.98 Å². The Labute approximate surface area is 171 Å². The first-order chi connectivity index (χ1) is 13.6. The smallest absolute Gasteiger partial charge is 0.245 e. The van der Waals surface area contributed by atoms with Crippen molar-refractivity contribution in [2.45, 2.75) is 57.7 Å². The Morgan fingerprint density at radius 2 is 1.79 bits per heavy atom. The highest BCUT2D eigenvalue weighted by Crippen LogP contribution is 2.33. The maximum Gasteiger partial charge on any atom is 0.245 e. The van der Waals surface area contributed by atoms with Crippen LogP contribution in [0.15, 0.2) is 36.7 Å². The van der Waals surface area contributed by atoms with Crippen LogP contribution in [0.1, 0.15) is 40.5 Å². The van der Waals surface area contributed by atoms with Gasteiger partial charge in [0.2, 0.25) is 5.95 Å². The minimum absolute atomic E-state index is 0.0406. The van der Waals surface area contributed by atoms with Crippen LogP contribution in [0.4, 0.5) is 5.95 Å². The summed E-state index contributed by atoms with van der Waals surface area (Å²) in [6.45, 7) is 8.92. The van der Waals surface area contributed by atoms with E-state index in [1.807, 2.05) is 25.2 Å². The van der Waals surface area contributed by atoms with Crippen LogP contribution in [0, 0.1) is 0 Å². The molecule has 3 heterocycles. The predicted molar refractivity (Wildman–Crippen MR) is 115 cm³/mol. The molecule has 0 unspecified atom stereocenters. The summed E-state index contributed by atoms with van der Waals surface area (Å²) in [7, 11) is 2.03. The molecule has 1 fully saturated rings. The van der Waals surface area contributed by atoms with Crippen molar-refractivity contribution >= 4 is 16.9 Å². The fourth-order valence-electron chi connectivity index (χ4n) is 4.57. The van der Waals surface area contributed by atoms with Crippen LogP contribution in [0.3, 0.4) is 0 Å². The lowest BCUT2D eigenvalue weighted by molar-refractivity contribution is 0.160. The molecule has 0 bridgehead atoms. The van der Waals surface area contributed by atoms with Gasteiger partial charge in [0.1, 0.15) is 11.4 Å². The number of aromatic hydroxyl groups is 1. The molecule has 3 aromatic rings. The molecular weight excluding hydrogens is 364 g/mol. The van der Waals surface area contributed by atoms with E-state index in [4.69, 9.17) is 0 Å². The molecule has 7 heteroatoms. The minimum Gasteiger partial charge on any atom is -0.507 e. The summed E-state index contributed by atoms with van der Waals surface area (Å²) in [4.78, 5) is 10.9. The lowest BCUT2D eigenvalue weighted by Crippen LogP contribution is -2.62. The number of piperidine rings is 1. The molecule has 0 atom stereocenters. The first kappa shape index (κ1) is 19.5. The number of nitrogens with zero attached hydrogens (tertiary/aromatic N) is 5. The fourth-order valence-corrected chi connectivity index (χ4v) is 4.57. The average molecular weight is 393 g/mol. The lowest BCUT2D eigenvalue weighted by atomic mass is 9.79. The number of aromatic nitrogens is 4. The van der Waals surface area contributed by atoms with Crippen LogP contribution >= 0.6 is 0 Å². The van der Waals surface area contributed by atoms with Crippen LogP contribution < -0.4 is 10.2 Å². The molecule has 29 heavy (non-hydrogen) atoms. The molecule has 7 nitrogen and oxygen atoms in total. The first-order valence-electron chi connectivity index (χ1n) is 9.94. The number of hydrogen-bond acceptors (Lipinski definition) is 7. The highest BCUT2D eigenvalue weighted by Gasteiger charge is 2.39. The van der Waals surface area contributed by atoms with E-state index < -0.39 is 0 Å². The molecule has 2 N–H and O–H groups in total. The number of anilines is 1. The van der Waals surface area contributed by atoms with E-state index in [1.54, 1.807) is 18.5 Å². The molecule has 0 amide bonds. The van der Waals surface area contributed by atoms with Crippen LogP contribution in [-0.4, -0.2) is 49.4 Å². The molecule has 1 aromatic carbocycles. The highest BCUT2D eigenvalue weighted by atomic mass is 16.3. The fraction of sp³-hybridized carbons (Fsp3) is 0.455. The van der Waals surface area contributed by atoms with Crippen molar-refractivity contribution in [3.05, 3.63) is 36.7 Å². The largest absolute Gasteiger partial charge is 0.507 e. The Bertz CT molecular complexity index is 1020. The topological polar surface area (TPSA) is 87.1 Å². The summed E-state index contributed by atoms with van der Waals surface area (Å²) in [5, 5.41) is 23.8. The van der Waals surface area contributed by atoms with Crippen LogP contribution in [-0.2, 0) is 0 Å². The molecule has 0 radical (unpaired) electrons. The van der Waals surface area contributed by atoms with Crippen LogP contribution in [0.25, 0.3) is 22.2 Å². The van der Waals surface area contributed by atoms with E-state index >= 15 is 0 Å². The summed E-state index contributed by atoms with van der Waals surface area (Å²) in [5.41, 5.74) is 1.96. The van der Waals surface area contributed by atoms with E-state index in [0.29, 0.717) is 23.2 Å². The normalized spacial score (nSPS) is 18.7. The second-order valence-corrected chi connectivity index (χ2v) is 9.27. The number of benzene rings is 1. The highest BCUT2D eigenvalue weighted by molar-refractivity contribution is 5.87. The number of phenolic OH excluding ortho intramolecular Hbond substituents is 1. The van der Waals surface area contributed by atoms with Gasteiger partial charge in [-0.2, -0.15) is 0 Å². The number of nitrogens with one attached hydrogen (secondary N) is 1. The van der Waals surface area contributed by atoms with Gasteiger partial charge in [0.05, 0.1) is 11.7 Å². The van der Waals surface area contributed by atoms with Gasteiger partial charge in [-0.05, 0) is 52.7 Å². The van der Waals surface area contributed by atoms with Gasteiger partial charge in [0.25, 0.3) is 0 Å². The Balaban J connectivity index is 1.60. The van der Waals surface area contributed by atoms with Crippen LogP contribution in [0.2, 0.25) is 0 Å². The Morgan fingerprint density at radius 3 is 2.45 bits per heavy atom. The average Bonchev–Trinajstić information content (AvgIpc) is 2.64. The summed E-state index contributed by atoms with van der Waals surface area (Å²) in [6.07, 6.45) is 5.37. The maximum atomic E-state index is 10.4. The minimum atomic E-state index is 0.0406. The summed E-state index contributed by atoms with van der Waals surface area (Å²) in [5.74, 6) is 0.712. The van der Waals surface area contributed by atoms with Crippen molar-refractivity contribution in [1.29, 1.82) is 0 Å². The molecule has 2 aromatic heterocycles. The van der Waals surface area contributed by atoms with E-state index in [-0.39, 0.29) is 16.8 Å². The van der Waals surface area contributed by atoms with Crippen molar-refractivity contribution in [3.8, 4) is 17.0 Å². The zero-order chi connectivity index (χ0) is 20.8.